The highest BCUT2D eigenvalue weighted by Gasteiger charge is 2.23. The zero-order valence-electron chi connectivity index (χ0n) is 17.0. The first-order chi connectivity index (χ1) is 14.7. The molecule has 1 amide bonds. The molecule has 1 aromatic carbocycles. The molecule has 0 bridgehead atoms. The number of methoxy groups -OCH3 is 1. The Hall–Kier alpha value is -2.16. The van der Waals surface area contributed by atoms with Crippen LogP contribution in [0.3, 0.4) is 0 Å². The second-order valence-electron chi connectivity index (χ2n) is 7.29. The van der Waals surface area contributed by atoms with Gasteiger partial charge in [0.25, 0.3) is 0 Å². The second kappa shape index (κ2) is 10.2. The monoisotopic (exact) mass is 442 g/mol. The maximum absolute atomic E-state index is 12.6. The number of ether oxygens (including phenoxy) is 1. The quantitative estimate of drug-likeness (QED) is 0.418. The van der Waals surface area contributed by atoms with Crippen molar-refractivity contribution in [1.82, 2.24) is 20.2 Å². The van der Waals surface area contributed by atoms with Gasteiger partial charge in [0.05, 0.1) is 29.1 Å². The number of thioether (sulfide) groups is 1. The maximum atomic E-state index is 12.6. The van der Waals surface area contributed by atoms with Crippen LogP contribution in [-0.4, -0.2) is 53.3 Å². The van der Waals surface area contributed by atoms with Crippen molar-refractivity contribution in [2.24, 2.45) is 0 Å². The fourth-order valence-corrected chi connectivity index (χ4v) is 5.55. The Morgan fingerprint density at radius 2 is 2.00 bits per heavy atom. The van der Waals surface area contributed by atoms with Gasteiger partial charge in [0.2, 0.25) is 5.91 Å². The zero-order chi connectivity index (χ0) is 20.8. The number of likely N-dealkylation sites (tertiary alicyclic amines) is 1. The first-order valence-corrected chi connectivity index (χ1v) is 12.1. The lowest BCUT2D eigenvalue weighted by Gasteiger charge is -2.35. The van der Waals surface area contributed by atoms with E-state index in [1.54, 1.807) is 24.8 Å². The van der Waals surface area contributed by atoms with E-state index in [1.165, 1.54) is 36.6 Å². The predicted molar refractivity (Wildman–Crippen MR) is 122 cm³/mol. The van der Waals surface area contributed by atoms with Crippen LogP contribution >= 0.6 is 23.1 Å². The van der Waals surface area contributed by atoms with E-state index in [4.69, 9.17) is 4.74 Å². The molecule has 1 unspecified atom stereocenters. The van der Waals surface area contributed by atoms with Gasteiger partial charge in [-0.25, -0.2) is 9.97 Å². The predicted octanol–water partition coefficient (Wildman–Crippen LogP) is 4.14. The molecule has 1 atom stereocenters. The van der Waals surface area contributed by atoms with Crippen molar-refractivity contribution >= 4 is 39.2 Å². The number of hydrogen-bond acceptors (Lipinski definition) is 7. The standard InChI is InChI=1S/C22H26N4O2S2/c1-28-17-7-5-16(6-8-17)19(26-10-3-2-4-11-26)13-23-20(27)14-30-22-21-18(9-12-29-21)24-15-25-22/h5-9,12,15,19H,2-4,10-11,13-14H2,1H3,(H,23,27). The number of nitrogens with zero attached hydrogens (tertiary/aromatic N) is 3. The van der Waals surface area contributed by atoms with Crippen LogP contribution in [0.15, 0.2) is 47.1 Å². The van der Waals surface area contributed by atoms with Crippen LogP contribution in [0.2, 0.25) is 0 Å². The molecule has 0 aliphatic carbocycles. The fraction of sp³-hybridized carbons (Fsp3) is 0.409. The van der Waals surface area contributed by atoms with Crippen molar-refractivity contribution in [3.8, 4) is 5.75 Å². The normalized spacial score (nSPS) is 15.8. The molecule has 1 saturated heterocycles. The lowest BCUT2D eigenvalue weighted by Crippen LogP contribution is -2.41. The van der Waals surface area contributed by atoms with Crippen LogP contribution in [0.25, 0.3) is 10.2 Å². The van der Waals surface area contributed by atoms with E-state index in [0.29, 0.717) is 12.3 Å². The van der Waals surface area contributed by atoms with Gasteiger partial charge in [-0.05, 0) is 55.1 Å². The highest BCUT2D eigenvalue weighted by atomic mass is 32.2. The third-order valence-electron chi connectivity index (χ3n) is 5.38. The van der Waals surface area contributed by atoms with E-state index in [1.807, 2.05) is 23.6 Å². The largest absolute Gasteiger partial charge is 0.497 e. The minimum absolute atomic E-state index is 0.0267. The smallest absolute Gasteiger partial charge is 0.230 e. The summed E-state index contributed by atoms with van der Waals surface area (Å²) >= 11 is 3.08. The zero-order valence-corrected chi connectivity index (χ0v) is 18.7. The summed E-state index contributed by atoms with van der Waals surface area (Å²) < 4.78 is 6.34. The number of thiophene rings is 1. The molecule has 1 fully saturated rings. The molecule has 3 heterocycles. The lowest BCUT2D eigenvalue weighted by atomic mass is 10.0. The number of hydrogen-bond donors (Lipinski definition) is 1. The minimum Gasteiger partial charge on any atom is -0.497 e. The van der Waals surface area contributed by atoms with Crippen molar-refractivity contribution in [3.05, 3.63) is 47.6 Å². The van der Waals surface area contributed by atoms with Crippen molar-refractivity contribution in [2.45, 2.75) is 30.3 Å². The molecular formula is C22H26N4O2S2. The fourth-order valence-electron chi connectivity index (χ4n) is 3.78. The number of rotatable bonds is 8. The molecule has 1 N–H and O–H groups in total. The summed E-state index contributed by atoms with van der Waals surface area (Å²) in [5.41, 5.74) is 2.14. The summed E-state index contributed by atoms with van der Waals surface area (Å²) in [7, 11) is 1.68. The molecule has 4 rings (SSSR count). The van der Waals surface area contributed by atoms with Crippen LogP contribution in [-0.2, 0) is 4.79 Å². The average molecular weight is 443 g/mol. The van der Waals surface area contributed by atoms with E-state index < -0.39 is 0 Å². The molecule has 6 nitrogen and oxygen atoms in total. The molecule has 0 radical (unpaired) electrons. The maximum Gasteiger partial charge on any atom is 0.230 e. The summed E-state index contributed by atoms with van der Waals surface area (Å²) in [6.45, 7) is 2.74. The summed E-state index contributed by atoms with van der Waals surface area (Å²) in [6.07, 6.45) is 5.26. The number of carbonyl (C=O) groups excluding carboxylic acids is 1. The molecule has 0 saturated carbocycles. The van der Waals surface area contributed by atoms with Crippen LogP contribution in [0.1, 0.15) is 30.9 Å². The number of fused-ring (bicyclic) bond motifs is 1. The first-order valence-electron chi connectivity index (χ1n) is 10.2. The van der Waals surface area contributed by atoms with Gasteiger partial charge in [-0.2, -0.15) is 0 Å². The summed E-state index contributed by atoms with van der Waals surface area (Å²) in [5, 5.41) is 6.02. The molecule has 158 valence electrons. The second-order valence-corrected chi connectivity index (χ2v) is 9.17. The lowest BCUT2D eigenvalue weighted by molar-refractivity contribution is -0.118. The molecule has 2 aromatic heterocycles. The number of carbonyl (C=O) groups is 1. The van der Waals surface area contributed by atoms with Crippen molar-refractivity contribution < 1.29 is 9.53 Å². The Morgan fingerprint density at radius 1 is 1.20 bits per heavy atom. The van der Waals surface area contributed by atoms with Gasteiger partial charge in [0.1, 0.15) is 17.1 Å². The van der Waals surface area contributed by atoms with Gasteiger partial charge >= 0.3 is 0 Å². The first kappa shape index (κ1) is 21.1. The van der Waals surface area contributed by atoms with Crippen molar-refractivity contribution in [3.63, 3.8) is 0 Å². The number of piperidine rings is 1. The number of benzene rings is 1. The van der Waals surface area contributed by atoms with Gasteiger partial charge in [0.15, 0.2) is 0 Å². The van der Waals surface area contributed by atoms with Gasteiger partial charge in [-0.3, -0.25) is 9.69 Å². The Balaban J connectivity index is 1.38. The van der Waals surface area contributed by atoms with Gasteiger partial charge in [0, 0.05) is 6.54 Å². The summed E-state index contributed by atoms with van der Waals surface area (Å²) in [5.74, 6) is 1.22. The van der Waals surface area contributed by atoms with Gasteiger partial charge < -0.3 is 10.1 Å². The van der Waals surface area contributed by atoms with Gasteiger partial charge in [-0.1, -0.05) is 30.3 Å². The average Bonchev–Trinajstić information content (AvgIpc) is 3.28. The topological polar surface area (TPSA) is 67.3 Å². The molecule has 30 heavy (non-hydrogen) atoms. The molecule has 3 aromatic rings. The van der Waals surface area contributed by atoms with E-state index >= 15 is 0 Å². The van der Waals surface area contributed by atoms with Crippen LogP contribution in [0.5, 0.6) is 5.75 Å². The highest BCUT2D eigenvalue weighted by Crippen LogP contribution is 2.29. The number of nitrogens with one attached hydrogen (secondary N) is 1. The van der Waals surface area contributed by atoms with Crippen LogP contribution in [0, 0.1) is 0 Å². The molecule has 8 heteroatoms. The summed E-state index contributed by atoms with van der Waals surface area (Å²) in [4.78, 5) is 23.7. The van der Waals surface area contributed by atoms with E-state index in [2.05, 4.69) is 32.3 Å². The van der Waals surface area contributed by atoms with Crippen molar-refractivity contribution in [2.75, 3.05) is 32.5 Å². The summed E-state index contributed by atoms with van der Waals surface area (Å²) in [6, 6.07) is 10.3. The molecule has 1 aliphatic rings. The minimum atomic E-state index is 0.0267. The SMILES string of the molecule is COc1ccc(C(CNC(=O)CSc2ncnc3ccsc23)N2CCCCC2)cc1. The van der Waals surface area contributed by atoms with E-state index in [9.17, 15) is 4.79 Å². The molecule has 1 aliphatic heterocycles. The molecular weight excluding hydrogens is 416 g/mol. The highest BCUT2D eigenvalue weighted by molar-refractivity contribution is 8.00. The third kappa shape index (κ3) is 5.11. The molecule has 0 spiro atoms. The van der Waals surface area contributed by atoms with Crippen LogP contribution < -0.4 is 10.1 Å². The van der Waals surface area contributed by atoms with E-state index in [-0.39, 0.29) is 11.9 Å². The third-order valence-corrected chi connectivity index (χ3v) is 7.40. The Kier molecular flexibility index (Phi) is 7.20. The Labute approximate surface area is 185 Å². The van der Waals surface area contributed by atoms with Gasteiger partial charge in [-0.15, -0.1) is 11.3 Å². The van der Waals surface area contributed by atoms with Crippen molar-refractivity contribution in [1.29, 1.82) is 0 Å². The number of amides is 1. The van der Waals surface area contributed by atoms with Crippen LogP contribution in [0.4, 0.5) is 0 Å². The Bertz CT molecular complexity index is 971. The van der Waals surface area contributed by atoms with E-state index in [0.717, 1.165) is 34.1 Å². The Morgan fingerprint density at radius 3 is 2.77 bits per heavy atom. The number of aromatic nitrogens is 2.